The summed E-state index contributed by atoms with van der Waals surface area (Å²) in [6, 6.07) is 1.29. The van der Waals surface area contributed by atoms with Gasteiger partial charge in [0.2, 0.25) is 0 Å². The smallest absolute Gasteiger partial charge is 0.329 e. The van der Waals surface area contributed by atoms with Gasteiger partial charge in [-0.1, -0.05) is 0 Å². The monoisotopic (exact) mass is 257 g/mol. The van der Waals surface area contributed by atoms with Crippen LogP contribution in [0.2, 0.25) is 0 Å². The van der Waals surface area contributed by atoms with Gasteiger partial charge in [0.15, 0.2) is 0 Å². The zero-order valence-electron chi connectivity index (χ0n) is 10.2. The maximum atomic E-state index is 11.4. The number of carboxylic acid groups (broad SMARTS) is 1. The number of rotatable bonds is 6. The molecular formula is C10H15N3O5. The van der Waals surface area contributed by atoms with Crippen LogP contribution in [-0.2, 0) is 14.3 Å². The molecule has 0 spiro atoms. The van der Waals surface area contributed by atoms with Crippen LogP contribution >= 0.6 is 0 Å². The van der Waals surface area contributed by atoms with Gasteiger partial charge in [-0.25, -0.2) is 9.59 Å². The SMILES string of the molecule is CC(C#N)CN(C)C(=O)NC(=O)COCC(=O)O. The normalized spacial score (nSPS) is 11.2. The summed E-state index contributed by atoms with van der Waals surface area (Å²) in [7, 11) is 1.44. The fourth-order valence-corrected chi connectivity index (χ4v) is 1.02. The zero-order chi connectivity index (χ0) is 14.1. The standard InChI is InChI=1S/C10H15N3O5/c1-7(3-11)4-13(2)10(17)12-8(14)5-18-6-9(15)16/h7H,4-6H2,1-2H3,(H,15,16)(H,12,14,17). The molecule has 0 fully saturated rings. The van der Waals surface area contributed by atoms with Crippen LogP contribution in [-0.4, -0.2) is 54.7 Å². The number of nitrogens with zero attached hydrogens (tertiary/aromatic N) is 2. The summed E-state index contributed by atoms with van der Waals surface area (Å²) in [5.74, 6) is -2.29. The second-order valence-corrected chi connectivity index (χ2v) is 3.65. The van der Waals surface area contributed by atoms with Gasteiger partial charge in [-0.3, -0.25) is 10.1 Å². The van der Waals surface area contributed by atoms with E-state index < -0.39 is 31.1 Å². The Balaban J connectivity index is 3.96. The number of amides is 3. The molecule has 0 aliphatic heterocycles. The average Bonchev–Trinajstić information content (AvgIpc) is 2.27. The van der Waals surface area contributed by atoms with Crippen molar-refractivity contribution in [3.63, 3.8) is 0 Å². The van der Waals surface area contributed by atoms with Crippen molar-refractivity contribution in [2.24, 2.45) is 5.92 Å². The Labute approximate surface area is 104 Å². The molecule has 0 aliphatic rings. The Bertz CT molecular complexity index is 363. The van der Waals surface area contributed by atoms with Crippen molar-refractivity contribution in [2.75, 3.05) is 26.8 Å². The fourth-order valence-electron chi connectivity index (χ4n) is 1.02. The number of aliphatic carboxylic acids is 1. The lowest BCUT2D eigenvalue weighted by atomic mass is 10.2. The highest BCUT2D eigenvalue weighted by Crippen LogP contribution is 1.95. The number of hydrogen-bond donors (Lipinski definition) is 2. The summed E-state index contributed by atoms with van der Waals surface area (Å²) in [5, 5.41) is 18.8. The third kappa shape index (κ3) is 7.19. The summed E-state index contributed by atoms with van der Waals surface area (Å²) in [4.78, 5) is 33.9. The van der Waals surface area contributed by atoms with Gasteiger partial charge < -0.3 is 14.7 Å². The van der Waals surface area contributed by atoms with E-state index in [1.807, 2.05) is 11.4 Å². The Morgan fingerprint density at radius 2 is 2.06 bits per heavy atom. The topological polar surface area (TPSA) is 120 Å². The van der Waals surface area contributed by atoms with Crippen molar-refractivity contribution in [1.82, 2.24) is 10.2 Å². The van der Waals surface area contributed by atoms with Crippen molar-refractivity contribution in [2.45, 2.75) is 6.92 Å². The third-order valence-electron chi connectivity index (χ3n) is 1.82. The first-order valence-electron chi connectivity index (χ1n) is 5.11. The van der Waals surface area contributed by atoms with Crippen LogP contribution in [0.5, 0.6) is 0 Å². The molecule has 0 rings (SSSR count). The minimum atomic E-state index is -1.20. The van der Waals surface area contributed by atoms with Gasteiger partial charge in [0.05, 0.1) is 12.0 Å². The number of nitrogens with one attached hydrogen (secondary N) is 1. The molecule has 100 valence electrons. The lowest BCUT2D eigenvalue weighted by molar-refractivity contribution is -0.143. The van der Waals surface area contributed by atoms with Gasteiger partial charge in [0, 0.05) is 13.6 Å². The maximum Gasteiger partial charge on any atom is 0.329 e. The molecule has 0 aromatic rings. The quantitative estimate of drug-likeness (QED) is 0.656. The van der Waals surface area contributed by atoms with Gasteiger partial charge in [0.25, 0.3) is 5.91 Å². The molecule has 0 saturated heterocycles. The number of nitriles is 1. The van der Waals surface area contributed by atoms with Crippen LogP contribution in [0.3, 0.4) is 0 Å². The van der Waals surface area contributed by atoms with Gasteiger partial charge in [-0.05, 0) is 6.92 Å². The summed E-state index contributed by atoms with van der Waals surface area (Å²) in [6.07, 6.45) is 0. The molecule has 0 aromatic carbocycles. The van der Waals surface area contributed by atoms with Crippen molar-refractivity contribution in [1.29, 1.82) is 5.26 Å². The Kier molecular flexibility index (Phi) is 7.07. The largest absolute Gasteiger partial charge is 0.480 e. The molecular weight excluding hydrogens is 242 g/mol. The molecule has 0 heterocycles. The Morgan fingerprint density at radius 3 is 2.56 bits per heavy atom. The van der Waals surface area contributed by atoms with Gasteiger partial charge in [-0.15, -0.1) is 0 Å². The van der Waals surface area contributed by atoms with E-state index in [4.69, 9.17) is 10.4 Å². The molecule has 3 amide bonds. The molecule has 8 nitrogen and oxygen atoms in total. The predicted molar refractivity (Wildman–Crippen MR) is 59.4 cm³/mol. The molecule has 0 saturated carbocycles. The molecule has 0 aromatic heterocycles. The van der Waals surface area contributed by atoms with E-state index in [-0.39, 0.29) is 12.5 Å². The second-order valence-electron chi connectivity index (χ2n) is 3.65. The van der Waals surface area contributed by atoms with Crippen LogP contribution < -0.4 is 5.32 Å². The third-order valence-corrected chi connectivity index (χ3v) is 1.82. The van der Waals surface area contributed by atoms with Crippen LogP contribution in [0.4, 0.5) is 4.79 Å². The Hall–Kier alpha value is -2.14. The number of carbonyl (C=O) groups is 3. The summed E-state index contributed by atoms with van der Waals surface area (Å²) in [6.45, 7) is 0.704. The molecule has 1 atom stereocenters. The summed E-state index contributed by atoms with van der Waals surface area (Å²) in [5.41, 5.74) is 0. The molecule has 1 unspecified atom stereocenters. The molecule has 0 bridgehead atoms. The molecule has 2 N–H and O–H groups in total. The van der Waals surface area contributed by atoms with Crippen LogP contribution in [0.1, 0.15) is 6.92 Å². The van der Waals surface area contributed by atoms with E-state index in [1.165, 1.54) is 11.9 Å². The fraction of sp³-hybridized carbons (Fsp3) is 0.600. The van der Waals surface area contributed by atoms with Crippen LogP contribution in [0.15, 0.2) is 0 Å². The highest BCUT2D eigenvalue weighted by atomic mass is 16.5. The second kappa shape index (κ2) is 8.03. The van der Waals surface area contributed by atoms with E-state index in [0.29, 0.717) is 0 Å². The molecule has 8 heteroatoms. The first-order chi connectivity index (χ1) is 8.36. The predicted octanol–water partition coefficient (Wildman–Crippen LogP) is -0.585. The van der Waals surface area contributed by atoms with Crippen LogP contribution in [0, 0.1) is 17.2 Å². The minimum absolute atomic E-state index is 0.186. The lowest BCUT2D eigenvalue weighted by Crippen LogP contribution is -2.43. The van der Waals surface area contributed by atoms with Crippen molar-refractivity contribution in [3.05, 3.63) is 0 Å². The number of carbonyl (C=O) groups excluding carboxylic acids is 2. The van der Waals surface area contributed by atoms with Gasteiger partial charge in [-0.2, -0.15) is 5.26 Å². The average molecular weight is 257 g/mol. The molecule has 18 heavy (non-hydrogen) atoms. The van der Waals surface area contributed by atoms with Crippen LogP contribution in [0.25, 0.3) is 0 Å². The lowest BCUT2D eigenvalue weighted by Gasteiger charge is -2.18. The first kappa shape index (κ1) is 15.9. The summed E-state index contributed by atoms with van der Waals surface area (Å²) < 4.78 is 4.51. The van der Waals surface area contributed by atoms with Crippen molar-refractivity contribution < 1.29 is 24.2 Å². The van der Waals surface area contributed by atoms with E-state index >= 15 is 0 Å². The molecule has 0 aliphatic carbocycles. The van der Waals surface area contributed by atoms with Gasteiger partial charge in [0.1, 0.15) is 13.2 Å². The number of urea groups is 1. The highest BCUT2D eigenvalue weighted by molar-refractivity contribution is 5.94. The number of carboxylic acids is 1. The van der Waals surface area contributed by atoms with E-state index in [9.17, 15) is 14.4 Å². The van der Waals surface area contributed by atoms with Crippen molar-refractivity contribution in [3.8, 4) is 6.07 Å². The van der Waals surface area contributed by atoms with Crippen molar-refractivity contribution >= 4 is 17.9 Å². The minimum Gasteiger partial charge on any atom is -0.480 e. The first-order valence-corrected chi connectivity index (χ1v) is 5.11. The highest BCUT2D eigenvalue weighted by Gasteiger charge is 2.15. The van der Waals surface area contributed by atoms with E-state index in [1.54, 1.807) is 6.92 Å². The van der Waals surface area contributed by atoms with Gasteiger partial charge >= 0.3 is 12.0 Å². The van der Waals surface area contributed by atoms with E-state index in [2.05, 4.69) is 4.74 Å². The zero-order valence-corrected chi connectivity index (χ0v) is 10.2. The number of hydrogen-bond acceptors (Lipinski definition) is 5. The number of imide groups is 1. The number of ether oxygens (including phenoxy) is 1. The molecule has 0 radical (unpaired) electrons. The maximum absolute atomic E-state index is 11.4. The van der Waals surface area contributed by atoms with E-state index in [0.717, 1.165) is 0 Å². The summed E-state index contributed by atoms with van der Waals surface area (Å²) >= 11 is 0. The Morgan fingerprint density at radius 1 is 1.44 bits per heavy atom.